The van der Waals surface area contributed by atoms with Gasteiger partial charge < -0.3 is 19.9 Å². The van der Waals surface area contributed by atoms with Crippen molar-refractivity contribution < 1.29 is 9.53 Å². The van der Waals surface area contributed by atoms with Gasteiger partial charge in [-0.2, -0.15) is 0 Å². The summed E-state index contributed by atoms with van der Waals surface area (Å²) in [6.45, 7) is 10.7. The third-order valence-corrected chi connectivity index (χ3v) is 4.74. The van der Waals surface area contributed by atoms with E-state index in [1.807, 2.05) is 36.2 Å². The van der Waals surface area contributed by atoms with Crippen LogP contribution in [0.3, 0.4) is 0 Å². The highest BCUT2D eigenvalue weighted by atomic mass is 35.5. The molecule has 1 saturated heterocycles. The summed E-state index contributed by atoms with van der Waals surface area (Å²) in [4.78, 5) is 16.8. The summed E-state index contributed by atoms with van der Waals surface area (Å²) in [6.07, 6.45) is 1.08. The van der Waals surface area contributed by atoms with Gasteiger partial charge in [-0.05, 0) is 63.3 Å². The summed E-state index contributed by atoms with van der Waals surface area (Å²) >= 11 is 0. The number of hydrogen-bond acceptors (Lipinski definition) is 4. The molecule has 1 atom stereocenters. The van der Waals surface area contributed by atoms with Crippen molar-refractivity contribution >= 4 is 30.7 Å². The van der Waals surface area contributed by atoms with Crippen LogP contribution in [-0.2, 0) is 0 Å². The first-order valence-electron chi connectivity index (χ1n) is 9.07. The number of carbonyl (C=O) groups is 1. The van der Waals surface area contributed by atoms with Crippen molar-refractivity contribution in [2.45, 2.75) is 20.3 Å². The summed E-state index contributed by atoms with van der Waals surface area (Å²) in [5.41, 5.74) is 0.746. The first-order valence-corrected chi connectivity index (χ1v) is 9.07. The Hall–Kier alpha value is -1.01. The van der Waals surface area contributed by atoms with Gasteiger partial charge in [-0.15, -0.1) is 24.8 Å². The van der Waals surface area contributed by atoms with E-state index in [4.69, 9.17) is 4.74 Å². The van der Waals surface area contributed by atoms with Crippen LogP contribution in [0, 0.1) is 5.92 Å². The summed E-state index contributed by atoms with van der Waals surface area (Å²) in [5.74, 6) is 1.53. The van der Waals surface area contributed by atoms with E-state index in [2.05, 4.69) is 24.1 Å². The lowest BCUT2D eigenvalue weighted by atomic mass is 10.1. The number of amides is 1. The lowest BCUT2D eigenvalue weighted by Crippen LogP contribution is -2.30. The number of ether oxygens (including phenoxy) is 1. The molecule has 1 aromatic carbocycles. The van der Waals surface area contributed by atoms with E-state index in [-0.39, 0.29) is 30.7 Å². The van der Waals surface area contributed by atoms with E-state index in [1.165, 1.54) is 0 Å². The Bertz CT molecular complexity index is 510. The minimum Gasteiger partial charge on any atom is -0.492 e. The topological polar surface area (TPSA) is 44.8 Å². The van der Waals surface area contributed by atoms with Gasteiger partial charge in [-0.1, -0.05) is 13.8 Å². The van der Waals surface area contributed by atoms with Gasteiger partial charge >= 0.3 is 0 Å². The maximum Gasteiger partial charge on any atom is 0.253 e. The zero-order valence-corrected chi connectivity index (χ0v) is 17.7. The number of nitrogens with zero attached hydrogens (tertiary/aromatic N) is 2. The van der Waals surface area contributed by atoms with Gasteiger partial charge in [-0.3, -0.25) is 4.79 Å². The second-order valence-corrected chi connectivity index (χ2v) is 6.36. The zero-order chi connectivity index (χ0) is 17.4. The van der Waals surface area contributed by atoms with Crippen LogP contribution in [0.4, 0.5) is 0 Å². The molecule has 7 heteroatoms. The Balaban J connectivity index is 0.00000312. The molecule has 0 aliphatic carbocycles. The molecule has 1 aromatic rings. The van der Waals surface area contributed by atoms with Crippen LogP contribution in [0.1, 0.15) is 30.6 Å². The third kappa shape index (κ3) is 7.31. The van der Waals surface area contributed by atoms with Gasteiger partial charge in [0.25, 0.3) is 5.91 Å². The fourth-order valence-electron chi connectivity index (χ4n) is 3.18. The SMILES string of the molecule is CCN(CC)CCOc1ccc(C(=O)N2CCC(CNC)C2)cc1.Cl.Cl. The quantitative estimate of drug-likeness (QED) is 0.685. The number of rotatable bonds is 9. The molecule has 1 aliphatic rings. The Kier molecular flexibility index (Phi) is 12.7. The molecule has 26 heavy (non-hydrogen) atoms. The molecule has 2 rings (SSSR count). The molecule has 0 aromatic heterocycles. The number of carbonyl (C=O) groups excluding carboxylic acids is 1. The van der Waals surface area contributed by atoms with Crippen molar-refractivity contribution in [1.82, 2.24) is 15.1 Å². The Labute approximate surface area is 170 Å². The van der Waals surface area contributed by atoms with Crippen molar-refractivity contribution in [2.24, 2.45) is 5.92 Å². The molecule has 5 nitrogen and oxygen atoms in total. The smallest absolute Gasteiger partial charge is 0.253 e. The monoisotopic (exact) mass is 405 g/mol. The van der Waals surface area contributed by atoms with Crippen LogP contribution in [0.25, 0.3) is 0 Å². The number of likely N-dealkylation sites (tertiary alicyclic amines) is 1. The van der Waals surface area contributed by atoms with Crippen molar-refractivity contribution in [2.75, 3.05) is 52.9 Å². The van der Waals surface area contributed by atoms with E-state index in [0.29, 0.717) is 12.5 Å². The summed E-state index contributed by atoms with van der Waals surface area (Å²) in [5, 5.41) is 3.19. The zero-order valence-electron chi connectivity index (χ0n) is 16.1. The van der Waals surface area contributed by atoms with Crippen LogP contribution in [0.15, 0.2) is 24.3 Å². The van der Waals surface area contributed by atoms with Gasteiger partial charge in [0.1, 0.15) is 12.4 Å². The second-order valence-electron chi connectivity index (χ2n) is 6.36. The Morgan fingerprint density at radius 2 is 1.88 bits per heavy atom. The molecule has 1 aliphatic heterocycles. The summed E-state index contributed by atoms with van der Waals surface area (Å²) in [7, 11) is 1.96. The van der Waals surface area contributed by atoms with Crippen molar-refractivity contribution in [3.63, 3.8) is 0 Å². The van der Waals surface area contributed by atoms with Crippen LogP contribution in [0.5, 0.6) is 5.75 Å². The summed E-state index contributed by atoms with van der Waals surface area (Å²) in [6, 6.07) is 7.55. The molecular formula is C19H33Cl2N3O2. The molecule has 0 bridgehead atoms. The van der Waals surface area contributed by atoms with Crippen LogP contribution < -0.4 is 10.1 Å². The van der Waals surface area contributed by atoms with Crippen molar-refractivity contribution in [3.05, 3.63) is 29.8 Å². The standard InChI is InChI=1S/C19H31N3O2.2ClH/c1-4-21(5-2)12-13-24-18-8-6-17(7-9-18)19(23)22-11-10-16(15-22)14-20-3;;/h6-9,16,20H,4-5,10-15H2,1-3H3;2*1H. The molecular weight excluding hydrogens is 373 g/mol. The predicted molar refractivity (Wildman–Crippen MR) is 112 cm³/mol. The van der Waals surface area contributed by atoms with Crippen molar-refractivity contribution in [3.8, 4) is 5.75 Å². The molecule has 0 radical (unpaired) electrons. The number of nitrogens with one attached hydrogen (secondary N) is 1. The van der Waals surface area contributed by atoms with E-state index < -0.39 is 0 Å². The summed E-state index contributed by atoms with van der Waals surface area (Å²) < 4.78 is 5.77. The second kappa shape index (κ2) is 13.2. The molecule has 1 heterocycles. The van der Waals surface area contributed by atoms with Gasteiger partial charge in [0.15, 0.2) is 0 Å². The van der Waals surface area contributed by atoms with E-state index in [9.17, 15) is 4.79 Å². The molecule has 0 spiro atoms. The average molecular weight is 406 g/mol. The first-order chi connectivity index (χ1) is 11.7. The van der Waals surface area contributed by atoms with E-state index in [1.54, 1.807) is 0 Å². The molecule has 1 N–H and O–H groups in total. The van der Waals surface area contributed by atoms with E-state index in [0.717, 1.165) is 57.0 Å². The fraction of sp³-hybridized carbons (Fsp3) is 0.632. The minimum atomic E-state index is 0. The normalized spacial score (nSPS) is 16.2. The largest absolute Gasteiger partial charge is 0.492 e. The van der Waals surface area contributed by atoms with Crippen LogP contribution in [0.2, 0.25) is 0 Å². The molecule has 150 valence electrons. The maximum atomic E-state index is 12.5. The van der Waals surface area contributed by atoms with Gasteiger partial charge in [0.05, 0.1) is 0 Å². The minimum absolute atomic E-state index is 0. The van der Waals surface area contributed by atoms with E-state index >= 15 is 0 Å². The Morgan fingerprint density at radius 1 is 1.23 bits per heavy atom. The third-order valence-electron chi connectivity index (χ3n) is 4.74. The molecule has 1 fully saturated rings. The lowest BCUT2D eigenvalue weighted by Gasteiger charge is -2.18. The Morgan fingerprint density at radius 3 is 2.46 bits per heavy atom. The van der Waals surface area contributed by atoms with Gasteiger partial charge in [0, 0.05) is 25.2 Å². The molecule has 0 saturated carbocycles. The highest BCUT2D eigenvalue weighted by Crippen LogP contribution is 2.19. The lowest BCUT2D eigenvalue weighted by molar-refractivity contribution is 0.0787. The fourth-order valence-corrected chi connectivity index (χ4v) is 3.18. The number of likely N-dealkylation sites (N-methyl/N-ethyl adjacent to an activating group) is 1. The highest BCUT2D eigenvalue weighted by molar-refractivity contribution is 5.94. The van der Waals surface area contributed by atoms with Crippen LogP contribution >= 0.6 is 24.8 Å². The average Bonchev–Trinajstić information content (AvgIpc) is 3.08. The predicted octanol–water partition coefficient (Wildman–Crippen LogP) is 2.93. The van der Waals surface area contributed by atoms with Crippen LogP contribution in [-0.4, -0.2) is 68.6 Å². The molecule has 1 unspecified atom stereocenters. The highest BCUT2D eigenvalue weighted by Gasteiger charge is 2.26. The van der Waals surface area contributed by atoms with Crippen molar-refractivity contribution in [1.29, 1.82) is 0 Å². The molecule has 1 amide bonds. The van der Waals surface area contributed by atoms with Gasteiger partial charge in [-0.25, -0.2) is 0 Å². The number of halogens is 2. The number of hydrogen-bond donors (Lipinski definition) is 1. The maximum absolute atomic E-state index is 12.5. The number of benzene rings is 1. The first kappa shape index (κ1) is 25.0. The van der Waals surface area contributed by atoms with Gasteiger partial charge in [0.2, 0.25) is 0 Å².